The number of sulfonamides is 1. The number of aryl methyl sites for hydroxylation is 1. The van der Waals surface area contributed by atoms with E-state index < -0.39 is 10.0 Å². The predicted molar refractivity (Wildman–Crippen MR) is 90.8 cm³/mol. The number of nitriles is 1. The zero-order valence-electron chi connectivity index (χ0n) is 12.9. The Morgan fingerprint density at radius 2 is 2.04 bits per heavy atom. The first-order valence-electron chi connectivity index (χ1n) is 7.57. The molecule has 0 aliphatic carbocycles. The van der Waals surface area contributed by atoms with Crippen molar-refractivity contribution in [3.05, 3.63) is 52.4 Å². The number of hydrogen-bond acceptors (Lipinski definition) is 4. The average Bonchev–Trinajstić information content (AvgIpc) is 3.18. The van der Waals surface area contributed by atoms with Crippen molar-refractivity contribution in [3.8, 4) is 6.07 Å². The van der Waals surface area contributed by atoms with E-state index in [1.165, 1.54) is 5.56 Å². The summed E-state index contributed by atoms with van der Waals surface area (Å²) in [5.41, 5.74) is 2.59. The maximum atomic E-state index is 12.9. The smallest absolute Gasteiger partial charge is 0.206 e. The van der Waals surface area contributed by atoms with E-state index in [1.54, 1.807) is 15.8 Å². The molecule has 0 amide bonds. The summed E-state index contributed by atoms with van der Waals surface area (Å²) in [4.78, 5) is 0. The lowest BCUT2D eigenvalue weighted by molar-refractivity contribution is 0.386. The van der Waals surface area contributed by atoms with Crippen molar-refractivity contribution in [2.45, 2.75) is 36.4 Å². The van der Waals surface area contributed by atoms with Crippen LogP contribution in [0.15, 0.2) is 39.9 Å². The maximum absolute atomic E-state index is 12.9. The Morgan fingerprint density at radius 3 is 2.74 bits per heavy atom. The summed E-state index contributed by atoms with van der Waals surface area (Å²) in [6.07, 6.45) is 2.44. The predicted octanol–water partition coefficient (Wildman–Crippen LogP) is 3.32. The molecule has 1 aliphatic rings. The lowest BCUT2D eigenvalue weighted by Gasteiger charge is -2.23. The van der Waals surface area contributed by atoms with E-state index >= 15 is 0 Å². The Morgan fingerprint density at radius 1 is 1.30 bits per heavy atom. The molecule has 0 spiro atoms. The monoisotopic (exact) mass is 346 g/mol. The third-order valence-electron chi connectivity index (χ3n) is 4.21. The van der Waals surface area contributed by atoms with Crippen LogP contribution in [-0.4, -0.2) is 25.3 Å². The molecule has 1 saturated heterocycles. The largest absolute Gasteiger partial charge is 0.254 e. The van der Waals surface area contributed by atoms with E-state index in [4.69, 9.17) is 5.26 Å². The second-order valence-electron chi connectivity index (χ2n) is 5.84. The van der Waals surface area contributed by atoms with Gasteiger partial charge in [0.2, 0.25) is 0 Å². The van der Waals surface area contributed by atoms with Crippen LogP contribution >= 0.6 is 11.3 Å². The van der Waals surface area contributed by atoms with E-state index in [1.807, 2.05) is 13.0 Å². The van der Waals surface area contributed by atoms with Crippen molar-refractivity contribution in [1.82, 2.24) is 4.31 Å². The normalized spacial score (nSPS) is 18.9. The molecule has 0 bridgehead atoms. The number of hydrogen-bond donors (Lipinski definition) is 0. The van der Waals surface area contributed by atoms with Crippen molar-refractivity contribution < 1.29 is 8.42 Å². The molecule has 0 saturated carbocycles. The van der Waals surface area contributed by atoms with Crippen LogP contribution in [0.1, 0.15) is 29.5 Å². The minimum Gasteiger partial charge on any atom is -0.206 e. The molecule has 23 heavy (non-hydrogen) atoms. The van der Waals surface area contributed by atoms with E-state index in [0.29, 0.717) is 13.0 Å². The molecule has 2 heterocycles. The zero-order valence-corrected chi connectivity index (χ0v) is 14.5. The third kappa shape index (κ3) is 3.18. The van der Waals surface area contributed by atoms with E-state index in [0.717, 1.165) is 29.7 Å². The Bertz CT molecular complexity index is 832. The van der Waals surface area contributed by atoms with E-state index in [2.05, 4.69) is 24.3 Å². The fourth-order valence-electron chi connectivity index (χ4n) is 3.01. The fraction of sp³-hybridized carbons (Fsp3) is 0.353. The van der Waals surface area contributed by atoms with Crippen molar-refractivity contribution in [3.63, 3.8) is 0 Å². The van der Waals surface area contributed by atoms with Gasteiger partial charge in [0.05, 0.1) is 5.56 Å². The quantitative estimate of drug-likeness (QED) is 0.853. The molecular formula is C17H18N2O2S2. The first kappa shape index (κ1) is 16.2. The van der Waals surface area contributed by atoms with Gasteiger partial charge in [0, 0.05) is 12.6 Å². The lowest BCUT2D eigenvalue weighted by atomic mass is 10.0. The van der Waals surface area contributed by atoms with E-state index in [9.17, 15) is 8.42 Å². The standard InChI is InChI=1S/C17H18N2O2S2/c1-13-4-6-14(7-5-13)11-16-3-2-9-19(16)23(20,21)17-15(12-18)8-10-22-17/h4-8,10,16H,2-3,9,11H2,1H3. The number of nitrogens with zero attached hydrogens (tertiary/aromatic N) is 2. The average molecular weight is 346 g/mol. The molecule has 1 atom stereocenters. The van der Waals surface area contributed by atoms with Crippen LogP contribution in [0.2, 0.25) is 0 Å². The van der Waals surface area contributed by atoms with Gasteiger partial charge in [-0.15, -0.1) is 11.3 Å². The van der Waals surface area contributed by atoms with Crippen molar-refractivity contribution >= 4 is 21.4 Å². The molecule has 0 radical (unpaired) electrons. The first-order valence-corrected chi connectivity index (χ1v) is 9.89. The lowest BCUT2D eigenvalue weighted by Crippen LogP contribution is -2.36. The van der Waals surface area contributed by atoms with Crippen LogP contribution in [-0.2, 0) is 16.4 Å². The zero-order chi connectivity index (χ0) is 16.4. The second kappa shape index (κ2) is 6.44. The van der Waals surface area contributed by atoms with E-state index in [-0.39, 0.29) is 15.8 Å². The van der Waals surface area contributed by atoms with Gasteiger partial charge in [0.1, 0.15) is 6.07 Å². The minimum absolute atomic E-state index is 0.0312. The van der Waals surface area contributed by atoms with Crippen LogP contribution in [0, 0.1) is 18.3 Å². The molecule has 6 heteroatoms. The van der Waals surface area contributed by atoms with Gasteiger partial charge in [-0.25, -0.2) is 8.42 Å². The van der Waals surface area contributed by atoms with Crippen LogP contribution in [0.3, 0.4) is 0 Å². The highest BCUT2D eigenvalue weighted by atomic mass is 32.2. The fourth-order valence-corrected chi connectivity index (χ4v) is 6.07. The minimum atomic E-state index is -3.59. The molecular weight excluding hydrogens is 328 g/mol. The number of thiophene rings is 1. The van der Waals surface area contributed by atoms with Crippen LogP contribution in [0.5, 0.6) is 0 Å². The topological polar surface area (TPSA) is 61.2 Å². The van der Waals surface area contributed by atoms with Gasteiger partial charge in [0.25, 0.3) is 10.0 Å². The summed E-state index contributed by atoms with van der Waals surface area (Å²) in [5, 5.41) is 10.8. The second-order valence-corrected chi connectivity index (χ2v) is 8.84. The highest BCUT2D eigenvalue weighted by Gasteiger charge is 2.37. The van der Waals surface area contributed by atoms with Gasteiger partial charge in [-0.3, -0.25) is 0 Å². The number of benzene rings is 1. The highest BCUT2D eigenvalue weighted by Crippen LogP contribution is 2.32. The van der Waals surface area contributed by atoms with Gasteiger partial charge in [-0.05, 0) is 43.2 Å². The van der Waals surface area contributed by atoms with Gasteiger partial charge in [-0.2, -0.15) is 9.57 Å². The van der Waals surface area contributed by atoms with Crippen LogP contribution < -0.4 is 0 Å². The molecule has 1 fully saturated rings. The third-order valence-corrected chi connectivity index (χ3v) is 7.62. The molecule has 4 nitrogen and oxygen atoms in total. The Balaban J connectivity index is 1.86. The summed E-state index contributed by atoms with van der Waals surface area (Å²) in [6, 6.07) is 11.7. The van der Waals surface area contributed by atoms with Gasteiger partial charge < -0.3 is 0 Å². The summed E-state index contributed by atoms with van der Waals surface area (Å²) in [6.45, 7) is 2.57. The highest BCUT2D eigenvalue weighted by molar-refractivity contribution is 7.91. The SMILES string of the molecule is Cc1ccc(CC2CCCN2S(=O)(=O)c2sccc2C#N)cc1. The van der Waals surface area contributed by atoms with Crippen molar-refractivity contribution in [1.29, 1.82) is 5.26 Å². The van der Waals surface area contributed by atoms with Crippen LogP contribution in [0.25, 0.3) is 0 Å². The number of rotatable bonds is 4. The molecule has 1 aromatic heterocycles. The van der Waals surface area contributed by atoms with Gasteiger partial charge >= 0.3 is 0 Å². The van der Waals surface area contributed by atoms with Crippen molar-refractivity contribution in [2.24, 2.45) is 0 Å². The summed E-state index contributed by atoms with van der Waals surface area (Å²) in [7, 11) is -3.59. The summed E-state index contributed by atoms with van der Waals surface area (Å²) in [5.74, 6) is 0. The van der Waals surface area contributed by atoms with Gasteiger partial charge in [0.15, 0.2) is 4.21 Å². The van der Waals surface area contributed by atoms with Crippen LogP contribution in [0.4, 0.5) is 0 Å². The maximum Gasteiger partial charge on any atom is 0.254 e. The summed E-state index contributed by atoms with van der Waals surface area (Å²) < 4.78 is 27.6. The molecule has 120 valence electrons. The Kier molecular flexibility index (Phi) is 4.53. The Hall–Kier alpha value is -1.68. The molecule has 3 rings (SSSR count). The van der Waals surface area contributed by atoms with Gasteiger partial charge in [-0.1, -0.05) is 29.8 Å². The Labute approximate surface area is 141 Å². The molecule has 2 aromatic rings. The summed E-state index contributed by atoms with van der Waals surface area (Å²) >= 11 is 1.13. The molecule has 1 aliphatic heterocycles. The molecule has 1 unspecified atom stereocenters. The molecule has 1 aromatic carbocycles. The van der Waals surface area contributed by atoms with Crippen molar-refractivity contribution in [2.75, 3.05) is 6.54 Å². The first-order chi connectivity index (χ1) is 11.0. The molecule has 0 N–H and O–H groups in total.